The van der Waals surface area contributed by atoms with Crippen molar-refractivity contribution in [1.82, 2.24) is 10.6 Å². The zero-order valence-corrected chi connectivity index (χ0v) is 12.0. The van der Waals surface area contributed by atoms with Gasteiger partial charge in [0.15, 0.2) is 6.61 Å². The Labute approximate surface area is 115 Å². The predicted octanol–water partition coefficient (Wildman–Crippen LogP) is 1.74. The zero-order valence-electron chi connectivity index (χ0n) is 12.0. The molecule has 1 aromatic carbocycles. The van der Waals surface area contributed by atoms with E-state index in [0.29, 0.717) is 6.04 Å². The fraction of sp³-hybridized carbons (Fsp3) is 0.533. The van der Waals surface area contributed by atoms with Crippen molar-refractivity contribution in [3.8, 4) is 5.75 Å². The topological polar surface area (TPSA) is 50.4 Å². The molecule has 0 saturated heterocycles. The Hall–Kier alpha value is -1.55. The normalized spacial score (nSPS) is 11.9. The monoisotopic (exact) mass is 264 g/mol. The lowest BCUT2D eigenvalue weighted by molar-refractivity contribution is -0.122. The molecule has 19 heavy (non-hydrogen) atoms. The van der Waals surface area contributed by atoms with Crippen LogP contribution in [0.2, 0.25) is 0 Å². The lowest BCUT2D eigenvalue weighted by atomic mass is 10.1. The maximum Gasteiger partial charge on any atom is 0.257 e. The van der Waals surface area contributed by atoms with Crippen LogP contribution in [0.3, 0.4) is 0 Å². The second-order valence-electron chi connectivity index (χ2n) is 4.60. The summed E-state index contributed by atoms with van der Waals surface area (Å²) in [5.74, 6) is 0.607. The predicted molar refractivity (Wildman–Crippen MR) is 77.5 cm³/mol. The van der Waals surface area contributed by atoms with Gasteiger partial charge in [-0.25, -0.2) is 0 Å². The molecule has 4 nitrogen and oxygen atoms in total. The summed E-state index contributed by atoms with van der Waals surface area (Å²) in [6, 6.07) is 8.47. The highest BCUT2D eigenvalue weighted by Crippen LogP contribution is 2.13. The van der Waals surface area contributed by atoms with Gasteiger partial charge in [-0.2, -0.15) is 0 Å². The van der Waals surface area contributed by atoms with E-state index in [0.717, 1.165) is 25.1 Å². The van der Waals surface area contributed by atoms with Crippen LogP contribution in [0.1, 0.15) is 25.8 Å². The average Bonchev–Trinajstić information content (AvgIpc) is 2.44. The number of rotatable bonds is 8. The molecule has 1 rings (SSSR count). The van der Waals surface area contributed by atoms with Crippen molar-refractivity contribution < 1.29 is 9.53 Å². The van der Waals surface area contributed by atoms with E-state index in [1.165, 1.54) is 5.56 Å². The molecule has 0 aromatic heterocycles. The number of ether oxygens (including phenoxy) is 1. The van der Waals surface area contributed by atoms with Gasteiger partial charge in [-0.1, -0.05) is 19.1 Å². The van der Waals surface area contributed by atoms with Crippen molar-refractivity contribution in [3.05, 3.63) is 29.8 Å². The third-order valence-corrected chi connectivity index (χ3v) is 2.99. The van der Waals surface area contributed by atoms with Crippen molar-refractivity contribution in [3.63, 3.8) is 0 Å². The Morgan fingerprint density at radius 1 is 1.32 bits per heavy atom. The Morgan fingerprint density at radius 2 is 2.00 bits per heavy atom. The highest BCUT2D eigenvalue weighted by molar-refractivity contribution is 5.77. The number of aryl methyl sites for hydroxylation is 1. The van der Waals surface area contributed by atoms with Gasteiger partial charge in [-0.05, 0) is 44.0 Å². The number of likely N-dealkylation sites (N-methyl/N-ethyl adjacent to an activating group) is 1. The van der Waals surface area contributed by atoms with Crippen LogP contribution >= 0.6 is 0 Å². The largest absolute Gasteiger partial charge is 0.484 e. The summed E-state index contributed by atoms with van der Waals surface area (Å²) in [5, 5.41) is 5.92. The third-order valence-electron chi connectivity index (χ3n) is 2.99. The molecule has 2 N–H and O–H groups in total. The number of amides is 1. The van der Waals surface area contributed by atoms with E-state index in [9.17, 15) is 4.79 Å². The summed E-state index contributed by atoms with van der Waals surface area (Å²) >= 11 is 0. The van der Waals surface area contributed by atoms with Crippen molar-refractivity contribution >= 4 is 5.91 Å². The zero-order chi connectivity index (χ0) is 14.1. The molecule has 106 valence electrons. The molecule has 0 radical (unpaired) electrons. The number of carbonyl (C=O) groups is 1. The molecule has 0 aliphatic rings. The molecular weight excluding hydrogens is 240 g/mol. The van der Waals surface area contributed by atoms with Gasteiger partial charge in [0.1, 0.15) is 5.75 Å². The van der Waals surface area contributed by atoms with E-state index in [1.807, 2.05) is 12.1 Å². The number of hydrogen-bond donors (Lipinski definition) is 2. The summed E-state index contributed by atoms with van der Waals surface area (Å²) < 4.78 is 5.35. The lowest BCUT2D eigenvalue weighted by Gasteiger charge is -2.12. The van der Waals surface area contributed by atoms with Gasteiger partial charge in [0.25, 0.3) is 5.91 Å². The Bertz CT molecular complexity index is 376. The molecule has 0 saturated carbocycles. The van der Waals surface area contributed by atoms with Crippen LogP contribution in [0.5, 0.6) is 5.75 Å². The molecule has 0 aliphatic heterocycles. The minimum atomic E-state index is -0.122. The van der Waals surface area contributed by atoms with Crippen molar-refractivity contribution in [2.75, 3.05) is 20.2 Å². The Balaban J connectivity index is 2.36. The fourth-order valence-electron chi connectivity index (χ4n) is 1.81. The standard InChI is InChI=1S/C15H24N2O2/c1-4-17-12(2)5-6-13-7-9-14(10-8-13)19-11-15(18)16-3/h7-10,12,17H,4-6,11H2,1-3H3,(H,16,18). The van der Waals surface area contributed by atoms with E-state index >= 15 is 0 Å². The van der Waals surface area contributed by atoms with Gasteiger partial charge in [0, 0.05) is 13.1 Å². The van der Waals surface area contributed by atoms with Gasteiger partial charge in [-0.15, -0.1) is 0 Å². The van der Waals surface area contributed by atoms with E-state index in [2.05, 4.69) is 36.6 Å². The Kier molecular flexibility index (Phi) is 6.97. The molecular formula is C15H24N2O2. The van der Waals surface area contributed by atoms with Gasteiger partial charge in [-0.3, -0.25) is 4.79 Å². The van der Waals surface area contributed by atoms with Crippen LogP contribution in [0.4, 0.5) is 0 Å². The van der Waals surface area contributed by atoms with Gasteiger partial charge < -0.3 is 15.4 Å². The van der Waals surface area contributed by atoms with E-state index < -0.39 is 0 Å². The van der Waals surface area contributed by atoms with Crippen LogP contribution in [-0.4, -0.2) is 32.1 Å². The van der Waals surface area contributed by atoms with Crippen molar-refractivity contribution in [1.29, 1.82) is 0 Å². The highest BCUT2D eigenvalue weighted by atomic mass is 16.5. The quantitative estimate of drug-likeness (QED) is 0.752. The summed E-state index contributed by atoms with van der Waals surface area (Å²) in [7, 11) is 1.60. The molecule has 1 unspecified atom stereocenters. The first-order chi connectivity index (χ1) is 9.15. The summed E-state index contributed by atoms with van der Waals surface area (Å²) in [6.07, 6.45) is 2.16. The SMILES string of the molecule is CCNC(C)CCc1ccc(OCC(=O)NC)cc1. The number of hydrogen-bond acceptors (Lipinski definition) is 3. The molecule has 1 aromatic rings. The second-order valence-corrected chi connectivity index (χ2v) is 4.60. The number of carbonyl (C=O) groups excluding carboxylic acids is 1. The summed E-state index contributed by atoms with van der Waals surface area (Å²) in [4.78, 5) is 11.0. The lowest BCUT2D eigenvalue weighted by Crippen LogP contribution is -2.25. The maximum absolute atomic E-state index is 11.0. The van der Waals surface area contributed by atoms with Crippen molar-refractivity contribution in [2.45, 2.75) is 32.7 Å². The van der Waals surface area contributed by atoms with Crippen LogP contribution < -0.4 is 15.4 Å². The first kappa shape index (κ1) is 15.5. The van der Waals surface area contributed by atoms with Gasteiger partial charge in [0.2, 0.25) is 0 Å². The smallest absolute Gasteiger partial charge is 0.257 e. The van der Waals surface area contributed by atoms with E-state index in [-0.39, 0.29) is 12.5 Å². The third kappa shape index (κ3) is 6.25. The molecule has 1 amide bonds. The Morgan fingerprint density at radius 3 is 2.58 bits per heavy atom. The fourth-order valence-corrected chi connectivity index (χ4v) is 1.81. The van der Waals surface area contributed by atoms with Crippen molar-refractivity contribution in [2.24, 2.45) is 0 Å². The molecule has 1 atom stereocenters. The second kappa shape index (κ2) is 8.53. The molecule has 0 heterocycles. The van der Waals surface area contributed by atoms with Crippen LogP contribution in [0, 0.1) is 0 Å². The summed E-state index contributed by atoms with van der Waals surface area (Å²) in [6.45, 7) is 5.39. The minimum Gasteiger partial charge on any atom is -0.484 e. The van der Waals surface area contributed by atoms with Crippen LogP contribution in [0.25, 0.3) is 0 Å². The van der Waals surface area contributed by atoms with Crippen LogP contribution in [0.15, 0.2) is 24.3 Å². The first-order valence-corrected chi connectivity index (χ1v) is 6.81. The molecule has 0 bridgehead atoms. The average molecular weight is 264 g/mol. The summed E-state index contributed by atoms with van der Waals surface area (Å²) in [5.41, 5.74) is 1.29. The number of nitrogens with one attached hydrogen (secondary N) is 2. The molecule has 0 spiro atoms. The minimum absolute atomic E-state index is 0.0628. The van der Waals surface area contributed by atoms with E-state index in [1.54, 1.807) is 7.05 Å². The molecule has 0 aliphatic carbocycles. The molecule has 0 fully saturated rings. The van der Waals surface area contributed by atoms with Gasteiger partial charge >= 0.3 is 0 Å². The van der Waals surface area contributed by atoms with E-state index in [4.69, 9.17) is 4.74 Å². The van der Waals surface area contributed by atoms with Crippen LogP contribution in [-0.2, 0) is 11.2 Å². The molecule has 4 heteroatoms. The first-order valence-electron chi connectivity index (χ1n) is 6.81. The maximum atomic E-state index is 11.0. The highest BCUT2D eigenvalue weighted by Gasteiger charge is 2.02. The number of benzene rings is 1. The van der Waals surface area contributed by atoms with Gasteiger partial charge in [0.05, 0.1) is 0 Å².